The molecule has 144 valence electrons. The maximum absolute atomic E-state index is 13.3. The number of aromatic nitrogens is 2. The number of likely N-dealkylation sites (tertiary alicyclic amines) is 1. The van der Waals surface area contributed by atoms with Crippen LogP contribution in [0.5, 0.6) is 0 Å². The molecule has 0 radical (unpaired) electrons. The predicted octanol–water partition coefficient (Wildman–Crippen LogP) is 3.19. The Labute approximate surface area is 162 Å². The molecular formula is C19H23FN4O2S. The Hall–Kier alpha value is -2.35. The Morgan fingerprint density at radius 1 is 1.30 bits per heavy atom. The highest BCUT2D eigenvalue weighted by Gasteiger charge is 2.25. The molecule has 2 amide bonds. The number of carbonyl (C=O) groups is 2. The van der Waals surface area contributed by atoms with Crippen LogP contribution in [0, 0.1) is 5.82 Å². The Bertz CT molecular complexity index is 803. The first-order valence-electron chi connectivity index (χ1n) is 8.95. The van der Waals surface area contributed by atoms with E-state index in [1.165, 1.54) is 18.2 Å². The number of rotatable bonds is 6. The minimum Gasteiger partial charge on any atom is -0.343 e. The molecule has 1 saturated heterocycles. The molecule has 1 aromatic carbocycles. The molecule has 1 aliphatic rings. The Kier molecular flexibility index (Phi) is 6.49. The molecule has 2 aromatic rings. The third-order valence-corrected chi connectivity index (χ3v) is 5.29. The number of amides is 2. The fraction of sp³-hybridized carbons (Fsp3) is 0.421. The van der Waals surface area contributed by atoms with Crippen LogP contribution in [0.2, 0.25) is 0 Å². The number of carbonyl (C=O) groups excluding carboxylic acids is 2. The van der Waals surface area contributed by atoms with Crippen molar-refractivity contribution in [1.82, 2.24) is 14.7 Å². The van der Waals surface area contributed by atoms with Gasteiger partial charge in [-0.2, -0.15) is 16.9 Å². The van der Waals surface area contributed by atoms with Crippen LogP contribution in [-0.2, 0) is 4.79 Å². The molecular weight excluding hydrogens is 367 g/mol. The lowest BCUT2D eigenvalue weighted by molar-refractivity contribution is -0.132. The second-order valence-electron chi connectivity index (χ2n) is 6.48. The van der Waals surface area contributed by atoms with Crippen LogP contribution in [-0.4, -0.2) is 51.6 Å². The Balaban J connectivity index is 1.61. The molecule has 0 unspecified atom stereocenters. The highest BCUT2D eigenvalue weighted by atomic mass is 32.2. The van der Waals surface area contributed by atoms with Crippen molar-refractivity contribution in [3.8, 4) is 0 Å². The molecule has 27 heavy (non-hydrogen) atoms. The van der Waals surface area contributed by atoms with Gasteiger partial charge in [-0.05, 0) is 37.3 Å². The minimum absolute atomic E-state index is 0.118. The van der Waals surface area contributed by atoms with Gasteiger partial charge in [-0.15, -0.1) is 0 Å². The maximum atomic E-state index is 13.3. The summed E-state index contributed by atoms with van der Waals surface area (Å²) in [4.78, 5) is 26.4. The molecule has 0 aliphatic carbocycles. The van der Waals surface area contributed by atoms with E-state index < -0.39 is 5.82 Å². The minimum atomic E-state index is -0.449. The maximum Gasteiger partial charge on any atom is 0.256 e. The number of nitrogens with one attached hydrogen (secondary N) is 1. The first kappa shape index (κ1) is 19.4. The van der Waals surface area contributed by atoms with Gasteiger partial charge in [0.2, 0.25) is 5.91 Å². The lowest BCUT2D eigenvalue weighted by Gasteiger charge is -2.32. The van der Waals surface area contributed by atoms with Gasteiger partial charge in [0.1, 0.15) is 11.6 Å². The van der Waals surface area contributed by atoms with Crippen LogP contribution < -0.4 is 5.32 Å². The van der Waals surface area contributed by atoms with Crippen LogP contribution in [0.1, 0.15) is 35.7 Å². The zero-order valence-electron chi connectivity index (χ0n) is 15.2. The zero-order chi connectivity index (χ0) is 19.2. The van der Waals surface area contributed by atoms with Crippen LogP contribution in [0.25, 0.3) is 0 Å². The summed E-state index contributed by atoms with van der Waals surface area (Å²) >= 11 is 1.67. The van der Waals surface area contributed by atoms with Crippen LogP contribution >= 0.6 is 11.8 Å². The number of halogens is 1. The molecule has 0 atom stereocenters. The van der Waals surface area contributed by atoms with Crippen molar-refractivity contribution >= 4 is 29.4 Å². The smallest absolute Gasteiger partial charge is 0.256 e. The largest absolute Gasteiger partial charge is 0.343 e. The second-order valence-corrected chi connectivity index (χ2v) is 7.47. The van der Waals surface area contributed by atoms with E-state index in [4.69, 9.17) is 0 Å². The van der Waals surface area contributed by atoms with Crippen molar-refractivity contribution in [2.45, 2.75) is 25.3 Å². The fourth-order valence-electron chi connectivity index (χ4n) is 3.23. The van der Waals surface area contributed by atoms with E-state index in [0.29, 0.717) is 25.3 Å². The third-order valence-electron chi connectivity index (χ3n) is 4.68. The van der Waals surface area contributed by atoms with Gasteiger partial charge < -0.3 is 10.2 Å². The van der Waals surface area contributed by atoms with Gasteiger partial charge >= 0.3 is 0 Å². The van der Waals surface area contributed by atoms with Crippen molar-refractivity contribution in [1.29, 1.82) is 0 Å². The van der Waals surface area contributed by atoms with Crippen molar-refractivity contribution < 1.29 is 14.0 Å². The van der Waals surface area contributed by atoms with E-state index in [-0.39, 0.29) is 23.4 Å². The summed E-state index contributed by atoms with van der Waals surface area (Å²) in [6.45, 7) is 1.38. The number of anilines is 1. The molecule has 2 heterocycles. The average Bonchev–Trinajstić information content (AvgIpc) is 3.14. The molecule has 8 heteroatoms. The molecule has 1 aliphatic heterocycles. The average molecular weight is 390 g/mol. The standard InChI is InChI=1S/C19H23FN4O2S/c1-27-12-8-18(25)23-10-6-16(7-11-23)24-17(5-9-21-24)22-19(26)14-3-2-4-15(20)13-14/h2-5,9,13,16H,6-8,10-12H2,1H3,(H,22,26). The summed E-state index contributed by atoms with van der Waals surface area (Å²) in [5, 5.41) is 7.15. The Morgan fingerprint density at radius 2 is 2.07 bits per heavy atom. The van der Waals surface area contributed by atoms with Gasteiger partial charge in [0.05, 0.1) is 12.2 Å². The van der Waals surface area contributed by atoms with E-state index in [1.54, 1.807) is 34.8 Å². The number of hydrogen-bond acceptors (Lipinski definition) is 4. The SMILES string of the molecule is CSCCC(=O)N1CCC(n2nccc2NC(=O)c2cccc(F)c2)CC1. The highest BCUT2D eigenvalue weighted by Crippen LogP contribution is 2.26. The van der Waals surface area contributed by atoms with E-state index in [0.717, 1.165) is 18.6 Å². The van der Waals surface area contributed by atoms with Crippen molar-refractivity contribution in [3.63, 3.8) is 0 Å². The lowest BCUT2D eigenvalue weighted by Crippen LogP contribution is -2.39. The van der Waals surface area contributed by atoms with Crippen LogP contribution in [0.4, 0.5) is 10.2 Å². The first-order valence-corrected chi connectivity index (χ1v) is 10.3. The molecule has 1 N–H and O–H groups in total. The fourth-order valence-corrected chi connectivity index (χ4v) is 3.61. The van der Waals surface area contributed by atoms with E-state index in [9.17, 15) is 14.0 Å². The molecule has 3 rings (SSSR count). The quantitative estimate of drug-likeness (QED) is 0.823. The molecule has 0 bridgehead atoms. The summed E-state index contributed by atoms with van der Waals surface area (Å²) < 4.78 is 15.1. The summed E-state index contributed by atoms with van der Waals surface area (Å²) in [5.41, 5.74) is 0.261. The topological polar surface area (TPSA) is 67.2 Å². The van der Waals surface area contributed by atoms with Crippen LogP contribution in [0.3, 0.4) is 0 Å². The van der Waals surface area contributed by atoms with E-state index in [2.05, 4.69) is 10.4 Å². The monoisotopic (exact) mass is 390 g/mol. The molecule has 1 fully saturated rings. The second kappa shape index (κ2) is 9.03. The molecule has 6 nitrogen and oxygen atoms in total. The Morgan fingerprint density at radius 3 is 2.78 bits per heavy atom. The van der Waals surface area contributed by atoms with Crippen molar-refractivity contribution in [3.05, 3.63) is 47.9 Å². The zero-order valence-corrected chi connectivity index (χ0v) is 16.0. The molecule has 0 saturated carbocycles. The van der Waals surface area contributed by atoms with Gasteiger partial charge in [-0.1, -0.05) is 6.07 Å². The van der Waals surface area contributed by atoms with E-state index >= 15 is 0 Å². The van der Waals surface area contributed by atoms with Crippen molar-refractivity contribution in [2.75, 3.05) is 30.4 Å². The van der Waals surface area contributed by atoms with Crippen LogP contribution in [0.15, 0.2) is 36.5 Å². The van der Waals surface area contributed by atoms with Crippen molar-refractivity contribution in [2.24, 2.45) is 0 Å². The van der Waals surface area contributed by atoms with Gasteiger partial charge in [-0.25, -0.2) is 9.07 Å². The first-order chi connectivity index (χ1) is 13.1. The van der Waals surface area contributed by atoms with Gasteiger partial charge in [0.15, 0.2) is 0 Å². The lowest BCUT2D eigenvalue weighted by atomic mass is 10.0. The number of piperidine rings is 1. The highest BCUT2D eigenvalue weighted by molar-refractivity contribution is 7.98. The molecule has 1 aromatic heterocycles. The van der Waals surface area contributed by atoms with Gasteiger partial charge in [-0.3, -0.25) is 9.59 Å². The van der Waals surface area contributed by atoms with Gasteiger partial charge in [0.25, 0.3) is 5.91 Å². The summed E-state index contributed by atoms with van der Waals surface area (Å²) in [6.07, 6.45) is 5.78. The number of hydrogen-bond donors (Lipinski definition) is 1. The summed E-state index contributed by atoms with van der Waals surface area (Å²) in [5.74, 6) is 0.795. The normalized spacial score (nSPS) is 15.0. The van der Waals surface area contributed by atoms with E-state index in [1.807, 2.05) is 11.2 Å². The number of thioether (sulfide) groups is 1. The summed E-state index contributed by atoms with van der Waals surface area (Å²) in [6, 6.07) is 7.42. The summed E-state index contributed by atoms with van der Waals surface area (Å²) in [7, 11) is 0. The number of benzene rings is 1. The third kappa shape index (κ3) is 4.88. The molecule has 0 spiro atoms. The number of nitrogens with zero attached hydrogens (tertiary/aromatic N) is 3. The van der Waals surface area contributed by atoms with Gasteiger partial charge in [0, 0.05) is 36.9 Å². The predicted molar refractivity (Wildman–Crippen MR) is 104 cm³/mol.